The highest BCUT2D eigenvalue weighted by Gasteiger charge is 2.18. The molecule has 1 atom stereocenters. The number of pyridine rings is 1. The third-order valence-electron chi connectivity index (χ3n) is 5.31. The lowest BCUT2D eigenvalue weighted by Gasteiger charge is -2.18. The molecule has 8 heteroatoms. The predicted molar refractivity (Wildman–Crippen MR) is 125 cm³/mol. The zero-order valence-corrected chi connectivity index (χ0v) is 18.0. The lowest BCUT2D eigenvalue weighted by atomic mass is 10.0. The zero-order chi connectivity index (χ0) is 23.4. The third kappa shape index (κ3) is 5.12. The van der Waals surface area contributed by atoms with E-state index < -0.39 is 0 Å². The van der Waals surface area contributed by atoms with Crippen LogP contribution >= 0.6 is 0 Å². The van der Waals surface area contributed by atoms with Crippen LogP contribution in [0.3, 0.4) is 0 Å². The van der Waals surface area contributed by atoms with Crippen molar-refractivity contribution in [3.05, 3.63) is 101 Å². The zero-order valence-electron chi connectivity index (χ0n) is 18.0. The van der Waals surface area contributed by atoms with Crippen LogP contribution in [0.1, 0.15) is 5.56 Å². The smallest absolute Gasteiger partial charge is 0.263 e. The van der Waals surface area contributed by atoms with Crippen LogP contribution in [0.4, 0.5) is 14.7 Å². The molecule has 0 aliphatic rings. The fraction of sp³-hybridized carbons (Fsp3) is 0.160. The molecule has 168 valence electrons. The summed E-state index contributed by atoms with van der Waals surface area (Å²) in [5.74, 6) is -0.329. The molecule has 2 aromatic carbocycles. The molecule has 4 aromatic rings. The van der Waals surface area contributed by atoms with Gasteiger partial charge in [-0.05, 0) is 53.9 Å². The Hall–Kier alpha value is -3.91. The molecule has 33 heavy (non-hydrogen) atoms. The molecule has 1 unspecified atom stereocenters. The van der Waals surface area contributed by atoms with Crippen LogP contribution in [0.5, 0.6) is 0 Å². The Morgan fingerprint density at radius 3 is 2.18 bits per heavy atom. The normalized spacial score (nSPS) is 11.9. The van der Waals surface area contributed by atoms with Crippen molar-refractivity contribution in [2.75, 3.05) is 11.9 Å². The van der Waals surface area contributed by atoms with E-state index in [4.69, 9.17) is 10.7 Å². The Morgan fingerprint density at radius 2 is 1.55 bits per heavy atom. The molecular formula is C25H23F2N5O. The highest BCUT2D eigenvalue weighted by Crippen LogP contribution is 2.28. The summed E-state index contributed by atoms with van der Waals surface area (Å²) in [6.45, 7) is 0.351. The van der Waals surface area contributed by atoms with Crippen molar-refractivity contribution in [1.29, 1.82) is 0 Å². The second-order valence-electron chi connectivity index (χ2n) is 7.74. The fourth-order valence-corrected chi connectivity index (χ4v) is 3.57. The van der Waals surface area contributed by atoms with Gasteiger partial charge in [0.25, 0.3) is 5.56 Å². The van der Waals surface area contributed by atoms with Crippen LogP contribution in [0.15, 0.2) is 77.9 Å². The van der Waals surface area contributed by atoms with Crippen LogP contribution in [-0.2, 0) is 13.5 Å². The van der Waals surface area contributed by atoms with Crippen LogP contribution in [-0.4, -0.2) is 27.1 Å². The number of nitrogens with one attached hydrogen (secondary N) is 1. The summed E-state index contributed by atoms with van der Waals surface area (Å²) in [5.41, 5.74) is 8.98. The molecule has 0 saturated carbocycles. The predicted octanol–water partition coefficient (Wildman–Crippen LogP) is 3.77. The van der Waals surface area contributed by atoms with Gasteiger partial charge in [0.2, 0.25) is 5.95 Å². The molecule has 0 radical (unpaired) electrons. The fourth-order valence-electron chi connectivity index (χ4n) is 3.57. The number of nitrogens with zero attached hydrogens (tertiary/aromatic N) is 3. The maximum Gasteiger partial charge on any atom is 0.263 e. The molecular weight excluding hydrogens is 424 g/mol. The van der Waals surface area contributed by atoms with E-state index in [1.165, 1.54) is 28.8 Å². The Kier molecular flexibility index (Phi) is 6.55. The average molecular weight is 447 g/mol. The standard InChI is InChI=1S/C25H23F2N5O/c1-32-24(33)22(17-4-8-20(27)9-5-17)23(18-10-12-29-13-11-18)31-25(32)30-15-21(28)14-16-2-6-19(26)7-3-16/h2-13,21H,14-15,28H2,1H3,(H,30,31). The molecule has 0 aliphatic heterocycles. The van der Waals surface area contributed by atoms with Gasteiger partial charge in [-0.25, -0.2) is 13.8 Å². The second-order valence-corrected chi connectivity index (χ2v) is 7.74. The quantitative estimate of drug-likeness (QED) is 0.451. The van der Waals surface area contributed by atoms with Crippen molar-refractivity contribution in [3.8, 4) is 22.4 Å². The van der Waals surface area contributed by atoms with E-state index >= 15 is 0 Å². The first-order chi connectivity index (χ1) is 15.9. The minimum absolute atomic E-state index is 0.280. The van der Waals surface area contributed by atoms with Gasteiger partial charge >= 0.3 is 0 Å². The Morgan fingerprint density at radius 1 is 0.939 bits per heavy atom. The molecule has 0 saturated heterocycles. The minimum atomic E-state index is -0.387. The first-order valence-corrected chi connectivity index (χ1v) is 10.4. The van der Waals surface area contributed by atoms with Crippen LogP contribution < -0.4 is 16.6 Å². The second kappa shape index (κ2) is 9.70. The molecule has 6 nitrogen and oxygen atoms in total. The molecule has 0 amide bonds. The Labute approximate surface area is 189 Å². The van der Waals surface area contributed by atoms with Crippen LogP contribution in [0, 0.1) is 11.6 Å². The number of halogens is 2. The number of benzene rings is 2. The molecule has 0 bridgehead atoms. The summed E-state index contributed by atoms with van der Waals surface area (Å²) in [7, 11) is 1.62. The first kappa shape index (κ1) is 22.3. The molecule has 0 aliphatic carbocycles. The molecule has 2 aromatic heterocycles. The summed E-state index contributed by atoms with van der Waals surface area (Å²) >= 11 is 0. The minimum Gasteiger partial charge on any atom is -0.354 e. The summed E-state index contributed by atoms with van der Waals surface area (Å²) in [5, 5.41) is 3.16. The lowest BCUT2D eigenvalue weighted by Crippen LogP contribution is -2.34. The summed E-state index contributed by atoms with van der Waals surface area (Å²) < 4.78 is 28.0. The summed E-state index contributed by atoms with van der Waals surface area (Å²) in [6.07, 6.45) is 3.77. The Balaban J connectivity index is 1.66. The van der Waals surface area contributed by atoms with Crippen molar-refractivity contribution in [2.45, 2.75) is 12.5 Å². The van der Waals surface area contributed by atoms with Crippen molar-refractivity contribution in [3.63, 3.8) is 0 Å². The number of hydrogen-bond acceptors (Lipinski definition) is 5. The topological polar surface area (TPSA) is 85.8 Å². The van der Waals surface area contributed by atoms with Gasteiger partial charge in [0.15, 0.2) is 0 Å². The third-order valence-corrected chi connectivity index (χ3v) is 5.31. The van der Waals surface area contributed by atoms with Gasteiger partial charge in [-0.15, -0.1) is 0 Å². The average Bonchev–Trinajstić information content (AvgIpc) is 2.83. The molecule has 3 N–H and O–H groups in total. The number of aromatic nitrogens is 3. The summed E-state index contributed by atoms with van der Waals surface area (Å²) in [4.78, 5) is 22.1. The monoisotopic (exact) mass is 447 g/mol. The van der Waals surface area contributed by atoms with Crippen molar-refractivity contribution in [2.24, 2.45) is 12.8 Å². The van der Waals surface area contributed by atoms with E-state index in [2.05, 4.69) is 10.3 Å². The van der Waals surface area contributed by atoms with Gasteiger partial charge in [0.05, 0.1) is 11.3 Å². The van der Waals surface area contributed by atoms with E-state index in [-0.39, 0.29) is 23.2 Å². The van der Waals surface area contributed by atoms with E-state index in [0.29, 0.717) is 41.3 Å². The first-order valence-electron chi connectivity index (χ1n) is 10.4. The van der Waals surface area contributed by atoms with Gasteiger partial charge in [0.1, 0.15) is 11.6 Å². The van der Waals surface area contributed by atoms with E-state index in [9.17, 15) is 13.6 Å². The molecule has 0 spiro atoms. The molecule has 4 rings (SSSR count). The van der Waals surface area contributed by atoms with Gasteiger partial charge < -0.3 is 11.1 Å². The SMILES string of the molecule is Cn1c(NCC(N)Cc2ccc(F)cc2)nc(-c2ccncc2)c(-c2ccc(F)cc2)c1=O. The van der Waals surface area contributed by atoms with Gasteiger partial charge in [-0.2, -0.15) is 0 Å². The van der Waals surface area contributed by atoms with Crippen LogP contribution in [0.2, 0.25) is 0 Å². The van der Waals surface area contributed by atoms with Gasteiger partial charge in [-0.3, -0.25) is 14.3 Å². The maximum atomic E-state index is 13.5. The Bertz CT molecular complexity index is 1290. The highest BCUT2D eigenvalue weighted by atomic mass is 19.1. The number of nitrogens with two attached hydrogens (primary N) is 1. The maximum absolute atomic E-state index is 13.5. The largest absolute Gasteiger partial charge is 0.354 e. The number of rotatable bonds is 7. The van der Waals surface area contributed by atoms with Crippen molar-refractivity contribution < 1.29 is 8.78 Å². The molecule has 0 fully saturated rings. The van der Waals surface area contributed by atoms with Gasteiger partial charge in [-0.1, -0.05) is 24.3 Å². The summed E-state index contributed by atoms with van der Waals surface area (Å²) in [6, 6.07) is 15.2. The van der Waals surface area contributed by atoms with Crippen molar-refractivity contribution >= 4 is 5.95 Å². The molecule has 2 heterocycles. The van der Waals surface area contributed by atoms with Crippen molar-refractivity contribution in [1.82, 2.24) is 14.5 Å². The highest BCUT2D eigenvalue weighted by molar-refractivity contribution is 5.80. The number of hydrogen-bond donors (Lipinski definition) is 2. The number of anilines is 1. The lowest BCUT2D eigenvalue weighted by molar-refractivity contribution is 0.625. The van der Waals surface area contributed by atoms with Crippen LogP contribution in [0.25, 0.3) is 22.4 Å². The van der Waals surface area contributed by atoms with E-state index in [1.54, 1.807) is 55.8 Å². The van der Waals surface area contributed by atoms with E-state index in [1.807, 2.05) is 0 Å². The van der Waals surface area contributed by atoms with Gasteiger partial charge in [0, 0.05) is 37.6 Å². The van der Waals surface area contributed by atoms with E-state index in [0.717, 1.165) is 5.56 Å².